The van der Waals surface area contributed by atoms with Crippen LogP contribution in [0, 0.1) is 5.92 Å². The fraction of sp³-hybridized carbons (Fsp3) is 0.611. The van der Waals surface area contributed by atoms with Crippen molar-refractivity contribution in [3.63, 3.8) is 0 Å². The van der Waals surface area contributed by atoms with Crippen LogP contribution in [0.15, 0.2) is 48.5 Å². The third-order valence-corrected chi connectivity index (χ3v) is 8.03. The summed E-state index contributed by atoms with van der Waals surface area (Å²) in [5.74, 6) is 0.861. The number of hydrogen-bond acceptors (Lipinski definition) is 6. The van der Waals surface area contributed by atoms with Crippen LogP contribution in [0.4, 0.5) is 0 Å². The van der Waals surface area contributed by atoms with Gasteiger partial charge in [0.2, 0.25) is 0 Å². The van der Waals surface area contributed by atoms with Crippen LogP contribution in [0.2, 0.25) is 0 Å². The summed E-state index contributed by atoms with van der Waals surface area (Å²) in [5, 5.41) is 0. The summed E-state index contributed by atoms with van der Waals surface area (Å²) in [6.07, 6.45) is 16.7. The number of benzene rings is 2. The Morgan fingerprint density at radius 1 is 0.643 bits per heavy atom. The van der Waals surface area contributed by atoms with Gasteiger partial charge in [-0.15, -0.1) is 0 Å². The van der Waals surface area contributed by atoms with Crippen LogP contribution in [-0.4, -0.2) is 37.9 Å². The zero-order chi connectivity index (χ0) is 29.8. The van der Waals surface area contributed by atoms with Gasteiger partial charge in [0.25, 0.3) is 0 Å². The van der Waals surface area contributed by atoms with Crippen molar-refractivity contribution < 1.29 is 28.5 Å². The highest BCUT2D eigenvalue weighted by atomic mass is 16.6. The van der Waals surface area contributed by atoms with Gasteiger partial charge in [0.15, 0.2) is 0 Å². The van der Waals surface area contributed by atoms with E-state index in [0.29, 0.717) is 24.3 Å². The number of carbonyl (C=O) groups is 2. The predicted octanol–water partition coefficient (Wildman–Crippen LogP) is 9.35. The van der Waals surface area contributed by atoms with Crippen molar-refractivity contribution in [1.29, 1.82) is 0 Å². The molecule has 0 saturated heterocycles. The van der Waals surface area contributed by atoms with Crippen LogP contribution < -0.4 is 9.47 Å². The quantitative estimate of drug-likeness (QED) is 0.115. The molecular formula is C36H52O6. The van der Waals surface area contributed by atoms with E-state index in [0.717, 1.165) is 50.0 Å². The normalized spacial score (nSPS) is 14.2. The average molecular weight is 581 g/mol. The van der Waals surface area contributed by atoms with Crippen molar-refractivity contribution in [3.05, 3.63) is 59.7 Å². The van der Waals surface area contributed by atoms with Crippen LogP contribution in [-0.2, 0) is 9.47 Å². The van der Waals surface area contributed by atoms with Gasteiger partial charge in [-0.25, -0.2) is 9.59 Å². The second kappa shape index (κ2) is 20.0. The van der Waals surface area contributed by atoms with E-state index < -0.39 is 18.0 Å². The lowest BCUT2D eigenvalue weighted by molar-refractivity contribution is -0.0247. The Morgan fingerprint density at radius 2 is 1.12 bits per heavy atom. The summed E-state index contributed by atoms with van der Waals surface area (Å²) in [6.45, 7) is 5.82. The first kappa shape index (κ1) is 33.5. The van der Waals surface area contributed by atoms with E-state index in [9.17, 15) is 9.59 Å². The summed E-state index contributed by atoms with van der Waals surface area (Å²) in [4.78, 5) is 25.9. The molecule has 0 N–H and O–H groups in total. The molecule has 42 heavy (non-hydrogen) atoms. The van der Waals surface area contributed by atoms with Crippen molar-refractivity contribution in [3.8, 4) is 11.5 Å². The molecule has 232 valence electrons. The Bertz CT molecular complexity index is 1010. The molecule has 1 unspecified atom stereocenters. The van der Waals surface area contributed by atoms with Crippen molar-refractivity contribution in [2.45, 2.75) is 116 Å². The van der Waals surface area contributed by atoms with Gasteiger partial charge in [-0.05, 0) is 80.1 Å². The molecule has 0 aromatic heterocycles. The molecule has 1 fully saturated rings. The second-order valence-electron chi connectivity index (χ2n) is 11.5. The Kier molecular flexibility index (Phi) is 15.9. The lowest BCUT2D eigenvalue weighted by Crippen LogP contribution is -2.33. The van der Waals surface area contributed by atoms with E-state index in [4.69, 9.17) is 18.9 Å². The first-order chi connectivity index (χ1) is 20.6. The first-order valence-electron chi connectivity index (χ1n) is 16.4. The van der Waals surface area contributed by atoms with Gasteiger partial charge in [-0.2, -0.15) is 0 Å². The van der Waals surface area contributed by atoms with Crippen LogP contribution >= 0.6 is 0 Å². The fourth-order valence-electron chi connectivity index (χ4n) is 5.38. The molecule has 1 saturated carbocycles. The Balaban J connectivity index is 1.48. The maximum atomic E-state index is 13.1. The number of carbonyl (C=O) groups excluding carboxylic acids is 2. The zero-order valence-electron chi connectivity index (χ0n) is 26.0. The molecule has 6 nitrogen and oxygen atoms in total. The first-order valence-corrected chi connectivity index (χ1v) is 16.4. The van der Waals surface area contributed by atoms with Gasteiger partial charge < -0.3 is 18.9 Å². The molecule has 2 aromatic carbocycles. The fourth-order valence-corrected chi connectivity index (χ4v) is 5.38. The molecular weight excluding hydrogens is 528 g/mol. The molecule has 0 bridgehead atoms. The largest absolute Gasteiger partial charge is 0.494 e. The lowest BCUT2D eigenvalue weighted by Gasteiger charge is -2.29. The summed E-state index contributed by atoms with van der Waals surface area (Å²) in [6, 6.07) is 14.2. The molecule has 0 spiro atoms. The molecule has 1 atom stereocenters. The van der Waals surface area contributed by atoms with E-state index in [1.54, 1.807) is 36.4 Å². The topological polar surface area (TPSA) is 71.1 Å². The lowest BCUT2D eigenvalue weighted by atomic mass is 9.85. The number of hydrogen-bond donors (Lipinski definition) is 0. The second-order valence-corrected chi connectivity index (χ2v) is 11.5. The van der Waals surface area contributed by atoms with Crippen molar-refractivity contribution in [2.24, 2.45) is 5.92 Å². The third-order valence-electron chi connectivity index (χ3n) is 8.03. The standard InChI is InChI=1S/C36H52O6/c1-3-5-7-9-14-26-39-32-22-18-30(19-23-32)35(37)41-28-34(29-16-12-11-13-17-29)42-36(38)31-20-24-33(25-21-31)40-27-15-10-8-6-4-2/h18-25,29,34H,3-17,26-28H2,1-2H3. The predicted molar refractivity (Wildman–Crippen MR) is 167 cm³/mol. The molecule has 0 heterocycles. The number of rotatable bonds is 20. The molecule has 6 heteroatoms. The summed E-state index contributed by atoms with van der Waals surface area (Å²) < 4.78 is 23.3. The summed E-state index contributed by atoms with van der Waals surface area (Å²) >= 11 is 0. The number of unbranched alkanes of at least 4 members (excludes halogenated alkanes) is 8. The minimum absolute atomic E-state index is 0.0461. The minimum atomic E-state index is -0.476. The minimum Gasteiger partial charge on any atom is -0.494 e. The highest BCUT2D eigenvalue weighted by Crippen LogP contribution is 2.29. The van der Waals surface area contributed by atoms with Crippen molar-refractivity contribution >= 4 is 11.9 Å². The van der Waals surface area contributed by atoms with Gasteiger partial charge in [0, 0.05) is 0 Å². The van der Waals surface area contributed by atoms with Gasteiger partial charge >= 0.3 is 11.9 Å². The molecule has 0 aliphatic heterocycles. The summed E-state index contributed by atoms with van der Waals surface area (Å²) in [5.41, 5.74) is 0.929. The Morgan fingerprint density at radius 3 is 1.62 bits per heavy atom. The van der Waals surface area contributed by atoms with E-state index in [-0.39, 0.29) is 12.5 Å². The maximum absolute atomic E-state index is 13.1. The molecule has 0 amide bonds. The van der Waals surface area contributed by atoms with Gasteiger partial charge in [-0.3, -0.25) is 0 Å². The number of esters is 2. The summed E-state index contributed by atoms with van der Waals surface area (Å²) in [7, 11) is 0. The van der Waals surface area contributed by atoms with E-state index in [1.807, 2.05) is 12.1 Å². The maximum Gasteiger partial charge on any atom is 0.338 e. The molecule has 0 radical (unpaired) electrons. The van der Waals surface area contributed by atoms with Gasteiger partial charge in [-0.1, -0.05) is 84.5 Å². The highest BCUT2D eigenvalue weighted by Gasteiger charge is 2.29. The molecule has 1 aliphatic carbocycles. The smallest absolute Gasteiger partial charge is 0.338 e. The van der Waals surface area contributed by atoms with Crippen LogP contribution in [0.25, 0.3) is 0 Å². The molecule has 3 rings (SSSR count). The highest BCUT2D eigenvalue weighted by molar-refractivity contribution is 5.90. The van der Waals surface area contributed by atoms with Gasteiger partial charge in [0.1, 0.15) is 24.2 Å². The van der Waals surface area contributed by atoms with Crippen molar-refractivity contribution in [2.75, 3.05) is 19.8 Å². The van der Waals surface area contributed by atoms with E-state index in [2.05, 4.69) is 13.8 Å². The van der Waals surface area contributed by atoms with E-state index >= 15 is 0 Å². The van der Waals surface area contributed by atoms with Crippen LogP contribution in [0.3, 0.4) is 0 Å². The molecule has 2 aromatic rings. The monoisotopic (exact) mass is 580 g/mol. The molecule has 1 aliphatic rings. The zero-order valence-corrected chi connectivity index (χ0v) is 26.0. The SMILES string of the molecule is CCCCCCCOc1ccc(C(=O)OCC(OC(=O)c2ccc(OCCCCCCC)cc2)C2CCCCC2)cc1. The number of ether oxygens (including phenoxy) is 4. The van der Waals surface area contributed by atoms with Crippen LogP contribution in [0.5, 0.6) is 11.5 Å². The Hall–Kier alpha value is -3.02. The average Bonchev–Trinajstić information content (AvgIpc) is 3.03. The van der Waals surface area contributed by atoms with E-state index in [1.165, 1.54) is 57.8 Å². The van der Waals surface area contributed by atoms with Crippen LogP contribution in [0.1, 0.15) is 131 Å². The van der Waals surface area contributed by atoms with Crippen molar-refractivity contribution in [1.82, 2.24) is 0 Å². The third kappa shape index (κ3) is 12.5. The Labute approximate surface area is 253 Å². The van der Waals surface area contributed by atoms with Gasteiger partial charge in [0.05, 0.1) is 24.3 Å².